The van der Waals surface area contributed by atoms with Gasteiger partial charge in [0.15, 0.2) is 0 Å². The Kier molecular flexibility index (Phi) is 8.06. The predicted octanol–water partition coefficient (Wildman–Crippen LogP) is 5.30. The summed E-state index contributed by atoms with van der Waals surface area (Å²) >= 11 is 3.34. The SMILES string of the molecule is CCOc1ccc(Br)cc1C(=O)Oc1cccc(C(=O)OCCOc2ccccc2)c1. The van der Waals surface area contributed by atoms with Gasteiger partial charge in [0.1, 0.15) is 36.0 Å². The van der Waals surface area contributed by atoms with Gasteiger partial charge in [-0.25, -0.2) is 9.59 Å². The van der Waals surface area contributed by atoms with Crippen LogP contribution < -0.4 is 14.2 Å². The summed E-state index contributed by atoms with van der Waals surface area (Å²) < 4.78 is 22.4. The minimum atomic E-state index is -0.591. The highest BCUT2D eigenvalue weighted by molar-refractivity contribution is 9.10. The van der Waals surface area contributed by atoms with Gasteiger partial charge in [-0.2, -0.15) is 0 Å². The molecule has 0 saturated heterocycles. The first-order valence-electron chi connectivity index (χ1n) is 9.66. The number of hydrogen-bond donors (Lipinski definition) is 0. The van der Waals surface area contributed by atoms with Crippen molar-refractivity contribution in [1.82, 2.24) is 0 Å². The molecule has 0 saturated carbocycles. The molecule has 0 aliphatic heterocycles. The van der Waals surface area contributed by atoms with Gasteiger partial charge in [-0.3, -0.25) is 0 Å². The van der Waals surface area contributed by atoms with Gasteiger partial charge >= 0.3 is 11.9 Å². The highest BCUT2D eigenvalue weighted by Gasteiger charge is 2.17. The fourth-order valence-electron chi connectivity index (χ4n) is 2.69. The number of benzene rings is 3. The van der Waals surface area contributed by atoms with Crippen LogP contribution in [0.4, 0.5) is 0 Å². The maximum Gasteiger partial charge on any atom is 0.347 e. The molecule has 0 N–H and O–H groups in total. The summed E-state index contributed by atoms with van der Waals surface area (Å²) in [6.07, 6.45) is 0. The van der Waals surface area contributed by atoms with Crippen molar-refractivity contribution in [1.29, 1.82) is 0 Å². The van der Waals surface area contributed by atoms with E-state index in [1.165, 1.54) is 6.07 Å². The quantitative estimate of drug-likeness (QED) is 0.233. The van der Waals surface area contributed by atoms with Gasteiger partial charge in [0.05, 0.1) is 12.2 Å². The Morgan fingerprint density at radius 1 is 0.806 bits per heavy atom. The third-order valence-electron chi connectivity index (χ3n) is 4.07. The molecule has 7 heteroatoms. The predicted molar refractivity (Wildman–Crippen MR) is 119 cm³/mol. The Balaban J connectivity index is 1.59. The summed E-state index contributed by atoms with van der Waals surface area (Å²) in [6.45, 7) is 2.56. The van der Waals surface area contributed by atoms with Crippen LogP contribution in [0, 0.1) is 0 Å². The van der Waals surface area contributed by atoms with E-state index in [1.54, 1.807) is 36.4 Å². The zero-order valence-electron chi connectivity index (χ0n) is 16.9. The van der Waals surface area contributed by atoms with E-state index in [1.807, 2.05) is 37.3 Å². The first-order chi connectivity index (χ1) is 15.1. The van der Waals surface area contributed by atoms with E-state index in [0.29, 0.717) is 18.1 Å². The van der Waals surface area contributed by atoms with Crippen LogP contribution in [0.5, 0.6) is 17.2 Å². The van der Waals surface area contributed by atoms with Crippen LogP contribution in [0.3, 0.4) is 0 Å². The number of carbonyl (C=O) groups excluding carboxylic acids is 2. The van der Waals surface area contributed by atoms with Crippen LogP contribution in [0.2, 0.25) is 0 Å². The standard InChI is InChI=1S/C24H21BrO6/c1-2-28-22-12-11-18(25)16-21(22)24(27)31-20-10-6-7-17(15-20)23(26)30-14-13-29-19-8-4-3-5-9-19/h3-12,15-16H,2,13-14H2,1H3. The van der Waals surface area contributed by atoms with Crippen molar-refractivity contribution >= 4 is 27.9 Å². The van der Waals surface area contributed by atoms with Crippen molar-refractivity contribution in [3.63, 3.8) is 0 Å². The molecule has 3 rings (SSSR count). The third kappa shape index (κ3) is 6.58. The molecule has 0 bridgehead atoms. The van der Waals surface area contributed by atoms with Crippen molar-refractivity contribution in [2.75, 3.05) is 19.8 Å². The van der Waals surface area contributed by atoms with Gasteiger partial charge in [-0.15, -0.1) is 0 Å². The summed E-state index contributed by atoms with van der Waals surface area (Å²) in [5.74, 6) is 0.220. The van der Waals surface area contributed by atoms with E-state index in [9.17, 15) is 9.59 Å². The lowest BCUT2D eigenvalue weighted by atomic mass is 10.2. The van der Waals surface area contributed by atoms with Crippen LogP contribution in [-0.2, 0) is 4.74 Å². The van der Waals surface area contributed by atoms with Crippen molar-refractivity contribution < 1.29 is 28.5 Å². The maximum atomic E-state index is 12.6. The minimum Gasteiger partial charge on any atom is -0.493 e. The Labute approximate surface area is 188 Å². The van der Waals surface area contributed by atoms with E-state index in [0.717, 1.165) is 4.47 Å². The fourth-order valence-corrected chi connectivity index (χ4v) is 3.05. The summed E-state index contributed by atoms with van der Waals surface area (Å²) in [5, 5.41) is 0. The number of rotatable bonds is 9. The maximum absolute atomic E-state index is 12.6. The molecular formula is C24H21BrO6. The number of halogens is 1. The smallest absolute Gasteiger partial charge is 0.347 e. The second kappa shape index (κ2) is 11.2. The van der Waals surface area contributed by atoms with Gasteiger partial charge in [-0.1, -0.05) is 40.2 Å². The van der Waals surface area contributed by atoms with E-state index in [2.05, 4.69) is 15.9 Å². The van der Waals surface area contributed by atoms with Gasteiger partial charge in [0.2, 0.25) is 0 Å². The highest BCUT2D eigenvalue weighted by Crippen LogP contribution is 2.25. The molecule has 0 spiro atoms. The Hall–Kier alpha value is -3.32. The van der Waals surface area contributed by atoms with Gasteiger partial charge in [0, 0.05) is 4.47 Å². The third-order valence-corrected chi connectivity index (χ3v) is 4.56. The molecule has 0 aliphatic carbocycles. The number of esters is 2. The molecule has 0 unspecified atom stereocenters. The van der Waals surface area contributed by atoms with Gasteiger partial charge < -0.3 is 18.9 Å². The van der Waals surface area contributed by atoms with E-state index in [4.69, 9.17) is 18.9 Å². The van der Waals surface area contributed by atoms with Crippen LogP contribution >= 0.6 is 15.9 Å². The molecule has 3 aromatic rings. The molecule has 0 amide bonds. The summed E-state index contributed by atoms with van der Waals surface area (Å²) in [7, 11) is 0. The molecule has 0 aromatic heterocycles. The molecular weight excluding hydrogens is 464 g/mol. The van der Waals surface area contributed by atoms with Gasteiger partial charge in [-0.05, 0) is 55.5 Å². The molecule has 6 nitrogen and oxygen atoms in total. The van der Waals surface area contributed by atoms with E-state index in [-0.39, 0.29) is 30.1 Å². The average molecular weight is 485 g/mol. The lowest BCUT2D eigenvalue weighted by Gasteiger charge is -2.11. The minimum absolute atomic E-state index is 0.0908. The van der Waals surface area contributed by atoms with Crippen molar-refractivity contribution in [3.8, 4) is 17.2 Å². The molecule has 3 aromatic carbocycles. The second-order valence-corrected chi connectivity index (χ2v) is 7.20. The topological polar surface area (TPSA) is 71.1 Å². The summed E-state index contributed by atoms with van der Waals surface area (Å²) in [5.41, 5.74) is 0.548. The summed E-state index contributed by atoms with van der Waals surface area (Å²) in [4.78, 5) is 24.9. The first kappa shape index (κ1) is 22.4. The number of carbonyl (C=O) groups is 2. The van der Waals surface area contributed by atoms with E-state index < -0.39 is 11.9 Å². The van der Waals surface area contributed by atoms with E-state index >= 15 is 0 Å². The lowest BCUT2D eigenvalue weighted by Crippen LogP contribution is -2.13. The average Bonchev–Trinajstić information content (AvgIpc) is 2.78. The first-order valence-corrected chi connectivity index (χ1v) is 10.5. The van der Waals surface area contributed by atoms with Crippen LogP contribution in [0.1, 0.15) is 27.6 Å². The van der Waals surface area contributed by atoms with Crippen LogP contribution in [0.25, 0.3) is 0 Å². The fraction of sp³-hybridized carbons (Fsp3) is 0.167. The van der Waals surface area contributed by atoms with Gasteiger partial charge in [0.25, 0.3) is 0 Å². The Morgan fingerprint density at radius 2 is 1.58 bits per heavy atom. The Bertz CT molecular complexity index is 1040. The Morgan fingerprint density at radius 3 is 2.35 bits per heavy atom. The molecule has 31 heavy (non-hydrogen) atoms. The number of para-hydroxylation sites is 1. The summed E-state index contributed by atoms with van der Waals surface area (Å²) in [6, 6.07) is 20.6. The largest absolute Gasteiger partial charge is 0.493 e. The molecule has 0 aliphatic rings. The zero-order chi connectivity index (χ0) is 22.1. The monoisotopic (exact) mass is 484 g/mol. The van der Waals surface area contributed by atoms with Crippen molar-refractivity contribution in [2.24, 2.45) is 0 Å². The van der Waals surface area contributed by atoms with Crippen molar-refractivity contribution in [3.05, 3.63) is 88.4 Å². The van der Waals surface area contributed by atoms with Crippen LogP contribution in [-0.4, -0.2) is 31.8 Å². The number of hydrogen-bond acceptors (Lipinski definition) is 6. The second-order valence-electron chi connectivity index (χ2n) is 6.29. The number of ether oxygens (including phenoxy) is 4. The van der Waals surface area contributed by atoms with Crippen LogP contribution in [0.15, 0.2) is 77.3 Å². The highest BCUT2D eigenvalue weighted by atomic mass is 79.9. The molecule has 0 atom stereocenters. The normalized spacial score (nSPS) is 10.3. The zero-order valence-corrected chi connectivity index (χ0v) is 18.5. The molecule has 0 fully saturated rings. The molecule has 160 valence electrons. The molecule has 0 heterocycles. The molecule has 0 radical (unpaired) electrons. The van der Waals surface area contributed by atoms with Crippen molar-refractivity contribution in [2.45, 2.75) is 6.92 Å². The lowest BCUT2D eigenvalue weighted by molar-refractivity contribution is 0.0449.